The molecule has 1 aromatic carbocycles. The Kier molecular flexibility index (Phi) is 3.16. The van der Waals surface area contributed by atoms with Crippen LogP contribution in [0.5, 0.6) is 5.75 Å². The summed E-state index contributed by atoms with van der Waals surface area (Å²) in [7, 11) is 0. The highest BCUT2D eigenvalue weighted by molar-refractivity contribution is 5.88. The van der Waals surface area contributed by atoms with E-state index in [-0.39, 0.29) is 29.0 Å². The van der Waals surface area contributed by atoms with Crippen LogP contribution in [0.1, 0.15) is 75.7 Å². The lowest BCUT2D eigenvalue weighted by atomic mass is 9.49. The van der Waals surface area contributed by atoms with Gasteiger partial charge in [-0.15, -0.1) is 0 Å². The third-order valence-corrected chi connectivity index (χ3v) is 6.63. The monoisotopic (exact) mass is 330 g/mol. The second kappa shape index (κ2) is 4.75. The van der Waals surface area contributed by atoms with Crippen molar-refractivity contribution in [3.63, 3.8) is 0 Å². The molecule has 1 saturated carbocycles. The molecule has 3 aliphatic rings. The van der Waals surface area contributed by atoms with Crippen LogP contribution in [0.15, 0.2) is 12.1 Å². The van der Waals surface area contributed by atoms with Crippen LogP contribution in [-0.4, -0.2) is 22.3 Å². The van der Waals surface area contributed by atoms with E-state index >= 15 is 0 Å². The molecule has 4 atom stereocenters. The number of hydrogen-bond acceptors (Lipinski definition) is 4. The zero-order chi connectivity index (χ0) is 17.4. The molecule has 0 aromatic heterocycles. The van der Waals surface area contributed by atoms with Gasteiger partial charge in [-0.2, -0.15) is 0 Å². The first-order valence-electron chi connectivity index (χ1n) is 8.96. The molecule has 4 rings (SSSR count). The van der Waals surface area contributed by atoms with Crippen LogP contribution in [0.2, 0.25) is 0 Å². The van der Waals surface area contributed by atoms with Gasteiger partial charge in [-0.25, -0.2) is 0 Å². The first kappa shape index (κ1) is 15.9. The summed E-state index contributed by atoms with van der Waals surface area (Å²) < 4.78 is 5.72. The maximum atomic E-state index is 12.9. The number of rotatable bonds is 1. The second-order valence-corrected chi connectivity index (χ2v) is 8.76. The van der Waals surface area contributed by atoms with Gasteiger partial charge in [0.2, 0.25) is 0 Å². The van der Waals surface area contributed by atoms with Crippen molar-refractivity contribution >= 4 is 5.97 Å². The van der Waals surface area contributed by atoms with Crippen LogP contribution in [-0.2, 0) is 14.9 Å². The van der Waals surface area contributed by atoms with Crippen LogP contribution in [0, 0.1) is 11.3 Å². The standard InChI is InChI=1S/C20H26O4/c1-10(2)11-8-12-13(9-14(11)21)20-7-5-6-19(3,4)17(20)16(15(12)22)24-18(20)23/h8-10,15-17,21-22H,5-7H2,1-4H3/t15-,16+,17+,20+/m1/s1. The van der Waals surface area contributed by atoms with Crippen molar-refractivity contribution in [1.29, 1.82) is 0 Å². The Morgan fingerprint density at radius 3 is 2.62 bits per heavy atom. The summed E-state index contributed by atoms with van der Waals surface area (Å²) in [4.78, 5) is 12.9. The number of carbonyl (C=O) groups is 1. The second-order valence-electron chi connectivity index (χ2n) is 8.76. The van der Waals surface area contributed by atoms with Gasteiger partial charge in [0.25, 0.3) is 0 Å². The number of aromatic hydroxyl groups is 1. The Balaban J connectivity index is 2.00. The van der Waals surface area contributed by atoms with Gasteiger partial charge in [-0.05, 0) is 53.0 Å². The largest absolute Gasteiger partial charge is 0.508 e. The van der Waals surface area contributed by atoms with Gasteiger partial charge >= 0.3 is 5.97 Å². The van der Waals surface area contributed by atoms with E-state index < -0.39 is 17.6 Å². The molecule has 4 nitrogen and oxygen atoms in total. The van der Waals surface area contributed by atoms with Crippen LogP contribution >= 0.6 is 0 Å². The zero-order valence-corrected chi connectivity index (χ0v) is 14.8. The lowest BCUT2D eigenvalue weighted by Gasteiger charge is -2.51. The number of phenolic OH excluding ortho intramolecular Hbond substituents is 1. The summed E-state index contributed by atoms with van der Waals surface area (Å²) in [5.74, 6) is 0.0956. The van der Waals surface area contributed by atoms with Crippen LogP contribution in [0.25, 0.3) is 0 Å². The fraction of sp³-hybridized carbons (Fsp3) is 0.650. The first-order valence-corrected chi connectivity index (χ1v) is 8.96. The van der Waals surface area contributed by atoms with Crippen molar-refractivity contribution in [1.82, 2.24) is 0 Å². The third-order valence-electron chi connectivity index (χ3n) is 6.63. The van der Waals surface area contributed by atoms with Gasteiger partial charge in [0.05, 0.1) is 0 Å². The van der Waals surface area contributed by atoms with Crippen LogP contribution in [0.4, 0.5) is 0 Å². The Morgan fingerprint density at radius 1 is 1.25 bits per heavy atom. The Morgan fingerprint density at radius 2 is 1.96 bits per heavy atom. The van der Waals surface area contributed by atoms with Gasteiger partial charge in [0.1, 0.15) is 23.4 Å². The highest BCUT2D eigenvalue weighted by Crippen LogP contribution is 2.64. The highest BCUT2D eigenvalue weighted by atomic mass is 16.6. The quantitative estimate of drug-likeness (QED) is 0.773. The van der Waals surface area contributed by atoms with Crippen molar-refractivity contribution in [3.8, 4) is 5.75 Å². The Hall–Kier alpha value is -1.55. The third kappa shape index (κ3) is 1.75. The van der Waals surface area contributed by atoms with Crippen molar-refractivity contribution in [2.75, 3.05) is 0 Å². The van der Waals surface area contributed by atoms with E-state index in [1.165, 1.54) is 0 Å². The molecule has 1 aromatic rings. The number of carbonyl (C=O) groups excluding carboxylic acids is 1. The lowest BCUT2D eigenvalue weighted by molar-refractivity contribution is -0.148. The molecule has 2 bridgehead atoms. The molecule has 0 amide bonds. The van der Waals surface area contributed by atoms with Crippen LogP contribution < -0.4 is 0 Å². The molecule has 1 saturated heterocycles. The fourth-order valence-corrected chi connectivity index (χ4v) is 5.60. The topological polar surface area (TPSA) is 66.8 Å². The Bertz CT molecular complexity index is 721. The van der Waals surface area contributed by atoms with Gasteiger partial charge in [-0.3, -0.25) is 4.79 Å². The van der Waals surface area contributed by atoms with E-state index in [4.69, 9.17) is 4.74 Å². The molecule has 2 aliphatic carbocycles. The molecule has 4 heteroatoms. The number of aliphatic hydroxyl groups is 1. The van der Waals surface area contributed by atoms with E-state index in [0.29, 0.717) is 0 Å². The van der Waals surface area contributed by atoms with Crippen molar-refractivity contribution in [2.24, 2.45) is 11.3 Å². The maximum Gasteiger partial charge on any atom is 0.317 e. The van der Waals surface area contributed by atoms with E-state index in [9.17, 15) is 15.0 Å². The molecule has 0 spiro atoms. The molecule has 130 valence electrons. The average molecular weight is 330 g/mol. The summed E-state index contributed by atoms with van der Waals surface area (Å²) in [5, 5.41) is 21.5. The molecular formula is C20H26O4. The molecule has 2 N–H and O–H groups in total. The fourth-order valence-electron chi connectivity index (χ4n) is 5.60. The predicted octanol–water partition coefficient (Wildman–Crippen LogP) is 3.55. The Labute approximate surface area is 142 Å². The van der Waals surface area contributed by atoms with Gasteiger partial charge in [0.15, 0.2) is 0 Å². The van der Waals surface area contributed by atoms with Crippen molar-refractivity contribution in [3.05, 3.63) is 28.8 Å². The van der Waals surface area contributed by atoms with Crippen LogP contribution in [0.3, 0.4) is 0 Å². The SMILES string of the molecule is CC(C)c1cc2c(cc1O)[C@@]13CCCC(C)(C)[C@@H]1[C@@H](OC3=O)[C@@H]2O. The van der Waals surface area contributed by atoms with E-state index in [0.717, 1.165) is 36.0 Å². The summed E-state index contributed by atoms with van der Waals surface area (Å²) in [6, 6.07) is 3.61. The summed E-state index contributed by atoms with van der Waals surface area (Å²) >= 11 is 0. The minimum absolute atomic E-state index is 0.0435. The van der Waals surface area contributed by atoms with Gasteiger partial charge in [-0.1, -0.05) is 34.1 Å². The number of aliphatic hydroxyl groups excluding tert-OH is 1. The highest BCUT2D eigenvalue weighted by Gasteiger charge is 2.69. The van der Waals surface area contributed by atoms with E-state index in [1.807, 2.05) is 19.9 Å². The number of ether oxygens (including phenoxy) is 1. The summed E-state index contributed by atoms with van der Waals surface area (Å²) in [6.07, 6.45) is 1.40. The number of benzene rings is 1. The minimum atomic E-state index is -0.819. The molecule has 0 radical (unpaired) electrons. The van der Waals surface area contributed by atoms with E-state index in [2.05, 4.69) is 13.8 Å². The molecule has 1 aliphatic heterocycles. The minimum Gasteiger partial charge on any atom is -0.508 e. The molecule has 24 heavy (non-hydrogen) atoms. The number of phenols is 1. The summed E-state index contributed by atoms with van der Waals surface area (Å²) in [5.41, 5.74) is 1.56. The zero-order valence-electron chi connectivity index (χ0n) is 14.8. The maximum absolute atomic E-state index is 12.9. The molecule has 2 fully saturated rings. The van der Waals surface area contributed by atoms with E-state index in [1.54, 1.807) is 6.07 Å². The van der Waals surface area contributed by atoms with Crippen molar-refractivity contribution < 1.29 is 19.7 Å². The molecular weight excluding hydrogens is 304 g/mol. The smallest absolute Gasteiger partial charge is 0.317 e. The molecule has 0 unspecified atom stereocenters. The normalized spacial score (nSPS) is 36.2. The van der Waals surface area contributed by atoms with Gasteiger partial charge < -0.3 is 14.9 Å². The van der Waals surface area contributed by atoms with Gasteiger partial charge in [0, 0.05) is 5.92 Å². The average Bonchev–Trinajstić information content (AvgIpc) is 2.77. The summed E-state index contributed by atoms with van der Waals surface area (Å²) in [6.45, 7) is 8.36. The predicted molar refractivity (Wildman–Crippen MR) is 89.8 cm³/mol. The first-order chi connectivity index (χ1) is 11.2. The number of esters is 1. The molecule has 1 heterocycles. The lowest BCUT2D eigenvalue weighted by Crippen LogP contribution is -2.54. The van der Waals surface area contributed by atoms with Crippen molar-refractivity contribution in [2.45, 2.75) is 70.5 Å². The number of fused-ring (bicyclic) bond motifs is 1. The number of hydrogen-bond donors (Lipinski definition) is 2.